The van der Waals surface area contributed by atoms with Crippen LogP contribution in [0.15, 0.2) is 24.3 Å². The molecule has 7 nitrogen and oxygen atoms in total. The van der Waals surface area contributed by atoms with Gasteiger partial charge in [-0.3, -0.25) is 14.4 Å². The van der Waals surface area contributed by atoms with E-state index in [0.717, 1.165) is 51.1 Å². The maximum atomic E-state index is 12.7. The minimum Gasteiger partial charge on any atom is -0.352 e. The van der Waals surface area contributed by atoms with Gasteiger partial charge in [0.05, 0.1) is 5.92 Å². The molecule has 1 atom stereocenters. The van der Waals surface area contributed by atoms with Gasteiger partial charge in [-0.05, 0) is 37.6 Å². The first-order chi connectivity index (χ1) is 14.6. The summed E-state index contributed by atoms with van der Waals surface area (Å²) in [4.78, 5) is 43.8. The smallest absolute Gasteiger partial charge is 0.253 e. The largest absolute Gasteiger partial charge is 0.352 e. The fraction of sp³-hybridized carbons (Fsp3) is 0.625. The number of rotatable bonds is 4. The summed E-state index contributed by atoms with van der Waals surface area (Å²) in [6, 6.07) is 7.48. The Labute approximate surface area is 185 Å². The molecule has 3 amide bonds. The fourth-order valence-corrected chi connectivity index (χ4v) is 4.14. The summed E-state index contributed by atoms with van der Waals surface area (Å²) in [6.45, 7) is 10.7. The molecular weight excluding hydrogens is 392 g/mol. The molecule has 2 heterocycles. The lowest BCUT2D eigenvalue weighted by Gasteiger charge is -2.35. The van der Waals surface area contributed by atoms with Crippen molar-refractivity contribution in [3.63, 3.8) is 0 Å². The van der Waals surface area contributed by atoms with E-state index < -0.39 is 5.41 Å². The van der Waals surface area contributed by atoms with Crippen LogP contribution in [0.2, 0.25) is 0 Å². The Hall–Kier alpha value is -2.41. The second kappa shape index (κ2) is 9.81. The molecule has 0 spiro atoms. The predicted octanol–water partition coefficient (Wildman–Crippen LogP) is 1.98. The number of nitrogens with zero attached hydrogens (tertiary/aromatic N) is 3. The molecule has 0 saturated carbocycles. The van der Waals surface area contributed by atoms with Crippen LogP contribution in [0.5, 0.6) is 0 Å². The maximum Gasteiger partial charge on any atom is 0.253 e. The number of hydrogen-bond acceptors (Lipinski definition) is 4. The summed E-state index contributed by atoms with van der Waals surface area (Å²) in [5.41, 5.74) is 1.21. The van der Waals surface area contributed by atoms with E-state index >= 15 is 0 Å². The zero-order valence-electron chi connectivity index (χ0n) is 19.3. The molecule has 1 aromatic carbocycles. The van der Waals surface area contributed by atoms with Gasteiger partial charge in [0.1, 0.15) is 0 Å². The van der Waals surface area contributed by atoms with E-state index in [-0.39, 0.29) is 23.6 Å². The van der Waals surface area contributed by atoms with Crippen LogP contribution < -0.4 is 5.32 Å². The first-order valence-corrected chi connectivity index (χ1v) is 11.3. The Balaban J connectivity index is 1.50. The van der Waals surface area contributed by atoms with Crippen molar-refractivity contribution in [2.24, 2.45) is 11.3 Å². The van der Waals surface area contributed by atoms with Gasteiger partial charge < -0.3 is 20.0 Å². The van der Waals surface area contributed by atoms with Crippen molar-refractivity contribution in [1.82, 2.24) is 20.0 Å². The Kier molecular flexibility index (Phi) is 7.36. The highest BCUT2D eigenvalue weighted by Gasteiger charge is 2.33. The van der Waals surface area contributed by atoms with Gasteiger partial charge in [0, 0.05) is 56.8 Å². The molecule has 1 aromatic rings. The average Bonchev–Trinajstić information content (AvgIpc) is 2.77. The van der Waals surface area contributed by atoms with Crippen molar-refractivity contribution in [3.8, 4) is 0 Å². The lowest BCUT2D eigenvalue weighted by atomic mass is 9.91. The second-order valence-corrected chi connectivity index (χ2v) is 9.85. The lowest BCUT2D eigenvalue weighted by Crippen LogP contribution is -2.48. The number of carbonyl (C=O) groups is 3. The molecule has 2 fully saturated rings. The van der Waals surface area contributed by atoms with E-state index in [2.05, 4.69) is 17.3 Å². The number of piperidine rings is 1. The monoisotopic (exact) mass is 428 g/mol. The third-order valence-corrected chi connectivity index (χ3v) is 6.18. The topological polar surface area (TPSA) is 73.0 Å². The molecule has 31 heavy (non-hydrogen) atoms. The highest BCUT2D eigenvalue weighted by atomic mass is 16.2. The molecule has 170 valence electrons. The molecule has 2 aliphatic rings. The second-order valence-electron chi connectivity index (χ2n) is 9.85. The summed E-state index contributed by atoms with van der Waals surface area (Å²) < 4.78 is 0. The molecule has 0 aromatic heterocycles. The van der Waals surface area contributed by atoms with Crippen LogP contribution in [0.1, 0.15) is 49.5 Å². The fourth-order valence-electron chi connectivity index (χ4n) is 4.14. The zero-order valence-corrected chi connectivity index (χ0v) is 19.3. The van der Waals surface area contributed by atoms with Gasteiger partial charge in [0.25, 0.3) is 5.91 Å². The Morgan fingerprint density at radius 1 is 0.968 bits per heavy atom. The van der Waals surface area contributed by atoms with Gasteiger partial charge >= 0.3 is 0 Å². The number of hydrogen-bond donors (Lipinski definition) is 1. The number of carbonyl (C=O) groups excluding carboxylic acids is 3. The van der Waals surface area contributed by atoms with Crippen LogP contribution in [-0.2, 0) is 16.1 Å². The number of likely N-dealkylation sites (tertiary alicyclic amines) is 1. The lowest BCUT2D eigenvalue weighted by molar-refractivity contribution is -0.142. The molecule has 0 bridgehead atoms. The number of benzene rings is 1. The third kappa shape index (κ3) is 6.06. The SMILES string of the molecule is CN1CCN(C(=O)c2ccc(CNC(=O)C3CCCN(C(=O)C(C)(C)C)C3)cc2)CC1. The van der Waals surface area contributed by atoms with Crippen LogP contribution in [0, 0.1) is 11.3 Å². The van der Waals surface area contributed by atoms with Crippen LogP contribution in [0.3, 0.4) is 0 Å². The minimum absolute atomic E-state index is 0.0102. The van der Waals surface area contributed by atoms with E-state index in [0.29, 0.717) is 18.7 Å². The van der Waals surface area contributed by atoms with Gasteiger partial charge in [0.2, 0.25) is 11.8 Å². The summed E-state index contributed by atoms with van der Waals surface area (Å²) in [5.74, 6) is -0.0118. The van der Waals surface area contributed by atoms with Crippen LogP contribution in [0.25, 0.3) is 0 Å². The van der Waals surface area contributed by atoms with Crippen molar-refractivity contribution in [1.29, 1.82) is 0 Å². The van der Waals surface area contributed by atoms with Crippen LogP contribution in [-0.4, -0.2) is 78.7 Å². The molecule has 2 aliphatic heterocycles. The summed E-state index contributed by atoms with van der Waals surface area (Å²) in [6.07, 6.45) is 1.65. The van der Waals surface area contributed by atoms with Crippen molar-refractivity contribution in [2.45, 2.75) is 40.2 Å². The molecule has 1 unspecified atom stereocenters. The molecule has 3 rings (SSSR count). The normalized spacial score (nSPS) is 20.5. The van der Waals surface area contributed by atoms with E-state index in [1.54, 1.807) is 0 Å². The van der Waals surface area contributed by atoms with Crippen LogP contribution >= 0.6 is 0 Å². The first-order valence-electron chi connectivity index (χ1n) is 11.3. The average molecular weight is 429 g/mol. The highest BCUT2D eigenvalue weighted by Crippen LogP contribution is 2.23. The molecule has 0 radical (unpaired) electrons. The summed E-state index contributed by atoms with van der Waals surface area (Å²) >= 11 is 0. The van der Waals surface area contributed by atoms with Gasteiger partial charge in [-0.25, -0.2) is 0 Å². The van der Waals surface area contributed by atoms with Crippen molar-refractivity contribution in [3.05, 3.63) is 35.4 Å². The number of piperazine rings is 1. The highest BCUT2D eigenvalue weighted by molar-refractivity contribution is 5.94. The number of amides is 3. The van der Waals surface area contributed by atoms with E-state index in [1.165, 1.54) is 0 Å². The van der Waals surface area contributed by atoms with Crippen molar-refractivity contribution >= 4 is 17.7 Å². The van der Waals surface area contributed by atoms with Crippen molar-refractivity contribution < 1.29 is 14.4 Å². The Morgan fingerprint density at radius 3 is 2.23 bits per heavy atom. The molecule has 7 heteroatoms. The van der Waals surface area contributed by atoms with Gasteiger partial charge in [0.15, 0.2) is 0 Å². The predicted molar refractivity (Wildman–Crippen MR) is 120 cm³/mol. The van der Waals surface area contributed by atoms with E-state index in [9.17, 15) is 14.4 Å². The minimum atomic E-state index is -0.429. The Bertz CT molecular complexity index is 792. The molecule has 2 saturated heterocycles. The molecular formula is C24H36N4O3. The standard InChI is InChI=1S/C24H36N4O3/c1-24(2,3)23(31)28-11-5-6-20(17-28)21(29)25-16-18-7-9-19(10-8-18)22(30)27-14-12-26(4)13-15-27/h7-10,20H,5-6,11-17H2,1-4H3,(H,25,29). The first kappa shape index (κ1) is 23.3. The van der Waals surface area contributed by atoms with E-state index in [4.69, 9.17) is 0 Å². The van der Waals surface area contributed by atoms with Gasteiger partial charge in [-0.15, -0.1) is 0 Å². The number of likely N-dealkylation sites (N-methyl/N-ethyl adjacent to an activating group) is 1. The number of nitrogens with one attached hydrogen (secondary N) is 1. The third-order valence-electron chi connectivity index (χ3n) is 6.18. The summed E-state index contributed by atoms with van der Waals surface area (Å²) in [7, 11) is 2.07. The molecule has 0 aliphatic carbocycles. The maximum absolute atomic E-state index is 12.7. The van der Waals surface area contributed by atoms with E-state index in [1.807, 2.05) is 54.8 Å². The van der Waals surface area contributed by atoms with Crippen LogP contribution in [0.4, 0.5) is 0 Å². The van der Waals surface area contributed by atoms with Gasteiger partial charge in [-0.1, -0.05) is 32.9 Å². The summed E-state index contributed by atoms with van der Waals surface area (Å²) in [5, 5.41) is 3.01. The van der Waals surface area contributed by atoms with Gasteiger partial charge in [-0.2, -0.15) is 0 Å². The van der Waals surface area contributed by atoms with Crippen molar-refractivity contribution in [2.75, 3.05) is 46.3 Å². The molecule has 1 N–H and O–H groups in total. The Morgan fingerprint density at radius 2 is 1.61 bits per heavy atom. The zero-order chi connectivity index (χ0) is 22.6. The quantitative estimate of drug-likeness (QED) is 0.796.